The smallest absolute Gasteiger partial charge is 0.302 e. The maximum atomic E-state index is 6.07. The molecule has 0 amide bonds. The van der Waals surface area contributed by atoms with E-state index in [1.54, 1.807) is 0 Å². The second kappa shape index (κ2) is 7.36. The van der Waals surface area contributed by atoms with Crippen LogP contribution >= 0.6 is 0 Å². The fourth-order valence-electron chi connectivity index (χ4n) is 3.41. The molecule has 1 aromatic heterocycles. The van der Waals surface area contributed by atoms with Gasteiger partial charge in [0, 0.05) is 12.6 Å². The van der Waals surface area contributed by atoms with E-state index in [2.05, 4.69) is 42.1 Å². The summed E-state index contributed by atoms with van der Waals surface area (Å²) < 4.78 is 8.10. The number of likely N-dealkylation sites (tertiary alicyclic amines) is 1. The second-order valence-electron chi connectivity index (χ2n) is 6.75. The highest BCUT2D eigenvalue weighted by Gasteiger charge is 2.19. The highest BCUT2D eigenvalue weighted by Crippen LogP contribution is 2.31. The normalized spacial score (nSPS) is 17.8. The van der Waals surface area contributed by atoms with Gasteiger partial charge in [-0.2, -0.15) is 0 Å². The van der Waals surface area contributed by atoms with Gasteiger partial charge in [-0.3, -0.25) is 4.57 Å². The van der Waals surface area contributed by atoms with Gasteiger partial charge in [0.1, 0.15) is 5.75 Å². The van der Waals surface area contributed by atoms with Crippen molar-refractivity contribution in [2.45, 2.75) is 45.2 Å². The van der Waals surface area contributed by atoms with Crippen molar-refractivity contribution in [2.75, 3.05) is 20.1 Å². The van der Waals surface area contributed by atoms with Crippen molar-refractivity contribution in [3.63, 3.8) is 0 Å². The molecule has 0 saturated carbocycles. The second-order valence-corrected chi connectivity index (χ2v) is 6.75. The Morgan fingerprint density at radius 2 is 2.08 bits per heavy atom. The van der Waals surface area contributed by atoms with E-state index in [0.29, 0.717) is 11.9 Å². The van der Waals surface area contributed by atoms with E-state index < -0.39 is 0 Å². The van der Waals surface area contributed by atoms with E-state index in [0.717, 1.165) is 31.1 Å². The molecule has 2 N–H and O–H groups in total. The minimum absolute atomic E-state index is 0.0552. The minimum Gasteiger partial charge on any atom is -0.426 e. The molecule has 1 fully saturated rings. The molecular weight excluding hydrogens is 300 g/mol. The van der Waals surface area contributed by atoms with Gasteiger partial charge in [0.2, 0.25) is 0 Å². The predicted molar refractivity (Wildman–Crippen MR) is 96.5 cm³/mol. The van der Waals surface area contributed by atoms with Crippen LogP contribution < -0.4 is 10.5 Å². The first-order chi connectivity index (χ1) is 11.6. The summed E-state index contributed by atoms with van der Waals surface area (Å²) in [6, 6.07) is 9.01. The van der Waals surface area contributed by atoms with E-state index in [1.165, 1.54) is 18.4 Å². The molecule has 3 rings (SSSR count). The Kier molecular flexibility index (Phi) is 5.21. The van der Waals surface area contributed by atoms with Crippen molar-refractivity contribution in [1.82, 2.24) is 14.5 Å². The molecule has 2 heterocycles. The van der Waals surface area contributed by atoms with Gasteiger partial charge in [0.25, 0.3) is 0 Å². The lowest BCUT2D eigenvalue weighted by Gasteiger charge is -2.29. The lowest BCUT2D eigenvalue weighted by Crippen LogP contribution is -2.29. The third-order valence-electron chi connectivity index (χ3n) is 4.89. The van der Waals surface area contributed by atoms with Gasteiger partial charge in [-0.1, -0.05) is 12.1 Å². The Hall–Kier alpha value is -1.85. The maximum Gasteiger partial charge on any atom is 0.302 e. The summed E-state index contributed by atoms with van der Waals surface area (Å²) in [4.78, 5) is 6.80. The van der Waals surface area contributed by atoms with E-state index >= 15 is 0 Å². The first-order valence-corrected chi connectivity index (χ1v) is 8.85. The minimum atomic E-state index is -0.0552. The molecule has 0 aliphatic carbocycles. The number of rotatable bonds is 5. The number of ether oxygens (including phenoxy) is 1. The number of hydrogen-bond donors (Lipinski definition) is 1. The summed E-state index contributed by atoms with van der Waals surface area (Å²) in [5.74, 6) is 1.47. The molecule has 0 radical (unpaired) electrons. The van der Waals surface area contributed by atoms with Crippen molar-refractivity contribution >= 4 is 0 Å². The van der Waals surface area contributed by atoms with Crippen molar-refractivity contribution in [2.24, 2.45) is 5.73 Å². The maximum absolute atomic E-state index is 6.07. The molecule has 1 aromatic carbocycles. The summed E-state index contributed by atoms with van der Waals surface area (Å²) in [6.07, 6.45) is 4.22. The number of nitrogens with zero attached hydrogens (tertiary/aromatic N) is 3. The van der Waals surface area contributed by atoms with Crippen LogP contribution in [0, 0.1) is 0 Å². The van der Waals surface area contributed by atoms with Crippen LogP contribution in [0.1, 0.15) is 49.9 Å². The van der Waals surface area contributed by atoms with Gasteiger partial charge in [-0.25, -0.2) is 4.98 Å². The molecular formula is C19H28N4O. The van der Waals surface area contributed by atoms with Gasteiger partial charge in [0.05, 0.1) is 11.9 Å². The molecule has 1 aliphatic rings. The molecule has 5 nitrogen and oxygen atoms in total. The summed E-state index contributed by atoms with van der Waals surface area (Å²) in [5.41, 5.74) is 8.37. The first-order valence-electron chi connectivity index (χ1n) is 8.85. The highest BCUT2D eigenvalue weighted by atomic mass is 16.5. The zero-order chi connectivity index (χ0) is 17.1. The van der Waals surface area contributed by atoms with Crippen molar-refractivity contribution in [1.29, 1.82) is 0 Å². The Labute approximate surface area is 144 Å². The topological polar surface area (TPSA) is 56.3 Å². The standard InChI is InChI=1S/C19H28N4O/c1-4-23-18(14(2)20)13-21-19(23)24-17-7-5-6-16(12-17)15-8-10-22(3)11-9-15/h5-7,12-15H,4,8-11,20H2,1-3H3. The lowest BCUT2D eigenvalue weighted by molar-refractivity contribution is 0.255. The first kappa shape index (κ1) is 17.0. The number of hydrogen-bond acceptors (Lipinski definition) is 4. The average molecular weight is 328 g/mol. The Bertz CT molecular complexity index is 672. The van der Waals surface area contributed by atoms with Crippen molar-refractivity contribution < 1.29 is 4.74 Å². The molecule has 1 saturated heterocycles. The van der Waals surface area contributed by atoms with E-state index in [9.17, 15) is 0 Å². The van der Waals surface area contributed by atoms with Crippen LogP contribution in [-0.4, -0.2) is 34.6 Å². The molecule has 130 valence electrons. The quantitative estimate of drug-likeness (QED) is 0.912. The zero-order valence-corrected chi connectivity index (χ0v) is 14.9. The van der Waals surface area contributed by atoms with Crippen LogP contribution in [-0.2, 0) is 6.54 Å². The monoisotopic (exact) mass is 328 g/mol. The van der Waals surface area contributed by atoms with Gasteiger partial charge < -0.3 is 15.4 Å². The summed E-state index contributed by atoms with van der Waals surface area (Å²) in [6.45, 7) is 7.16. The molecule has 0 spiro atoms. The SMILES string of the molecule is CCn1c(C(C)N)cnc1Oc1cccc(C2CCN(C)CC2)c1. The van der Waals surface area contributed by atoms with Crippen LogP contribution in [0.25, 0.3) is 0 Å². The fraction of sp³-hybridized carbons (Fsp3) is 0.526. The Balaban J connectivity index is 1.78. The van der Waals surface area contributed by atoms with Crippen LogP contribution in [0.2, 0.25) is 0 Å². The Morgan fingerprint density at radius 3 is 2.75 bits per heavy atom. The fourth-order valence-corrected chi connectivity index (χ4v) is 3.41. The van der Waals surface area contributed by atoms with Gasteiger partial charge >= 0.3 is 6.01 Å². The van der Waals surface area contributed by atoms with Crippen molar-refractivity contribution in [3.8, 4) is 11.8 Å². The summed E-state index contributed by atoms with van der Waals surface area (Å²) >= 11 is 0. The number of nitrogens with two attached hydrogens (primary N) is 1. The largest absolute Gasteiger partial charge is 0.426 e. The van der Waals surface area contributed by atoms with E-state index in [1.807, 2.05) is 23.8 Å². The highest BCUT2D eigenvalue weighted by molar-refractivity contribution is 5.33. The predicted octanol–water partition coefficient (Wildman–Crippen LogP) is 3.52. The van der Waals surface area contributed by atoms with Crippen LogP contribution in [0.5, 0.6) is 11.8 Å². The van der Waals surface area contributed by atoms with Crippen LogP contribution in [0.4, 0.5) is 0 Å². The molecule has 24 heavy (non-hydrogen) atoms. The van der Waals surface area contributed by atoms with Gasteiger partial charge in [-0.15, -0.1) is 0 Å². The number of imidazole rings is 1. The molecule has 1 unspecified atom stereocenters. The Morgan fingerprint density at radius 1 is 1.33 bits per heavy atom. The van der Waals surface area contributed by atoms with Gasteiger partial charge in [-0.05, 0) is 70.4 Å². The average Bonchev–Trinajstić information content (AvgIpc) is 2.98. The molecule has 1 aliphatic heterocycles. The van der Waals surface area contributed by atoms with E-state index in [-0.39, 0.29) is 6.04 Å². The van der Waals surface area contributed by atoms with Crippen LogP contribution in [0.3, 0.4) is 0 Å². The van der Waals surface area contributed by atoms with Crippen molar-refractivity contribution in [3.05, 3.63) is 41.7 Å². The molecule has 1 atom stereocenters. The summed E-state index contributed by atoms with van der Waals surface area (Å²) in [7, 11) is 2.19. The third-order valence-corrected chi connectivity index (χ3v) is 4.89. The number of benzene rings is 1. The molecule has 2 aromatic rings. The summed E-state index contributed by atoms with van der Waals surface area (Å²) in [5, 5.41) is 0. The van der Waals surface area contributed by atoms with Gasteiger partial charge in [0.15, 0.2) is 0 Å². The third kappa shape index (κ3) is 3.62. The number of piperidine rings is 1. The number of aromatic nitrogens is 2. The van der Waals surface area contributed by atoms with E-state index in [4.69, 9.17) is 10.5 Å². The zero-order valence-electron chi connectivity index (χ0n) is 14.9. The van der Waals surface area contributed by atoms with Crippen LogP contribution in [0.15, 0.2) is 30.5 Å². The lowest BCUT2D eigenvalue weighted by atomic mass is 9.89. The molecule has 5 heteroatoms. The molecule has 0 bridgehead atoms.